The van der Waals surface area contributed by atoms with E-state index in [1.165, 1.54) is 12.1 Å². The Hall–Kier alpha value is -1.34. The van der Waals surface area contributed by atoms with Crippen LogP contribution < -0.4 is 0 Å². The summed E-state index contributed by atoms with van der Waals surface area (Å²) in [6.07, 6.45) is -1.29. The molecule has 0 saturated carbocycles. The molecule has 2 rings (SSSR count). The summed E-state index contributed by atoms with van der Waals surface area (Å²) in [5, 5.41) is 0. The first-order valence-electron chi connectivity index (χ1n) is 6.41. The van der Waals surface area contributed by atoms with E-state index in [1.807, 2.05) is 0 Å². The first-order chi connectivity index (χ1) is 9.67. The molecule has 0 fully saturated rings. The minimum absolute atomic E-state index is 0.155. The van der Waals surface area contributed by atoms with Crippen molar-refractivity contribution in [3.8, 4) is 0 Å². The smallest absolute Gasteiger partial charge is 0.267 e. The van der Waals surface area contributed by atoms with Crippen LogP contribution in [0.15, 0.2) is 30.3 Å². The van der Waals surface area contributed by atoms with E-state index < -0.39 is 28.0 Å². The highest BCUT2D eigenvalue weighted by Gasteiger charge is 2.34. The lowest BCUT2D eigenvalue weighted by Gasteiger charge is -2.23. The van der Waals surface area contributed by atoms with Crippen LogP contribution >= 0.6 is 0 Å². The Balaban J connectivity index is 2.22. The fourth-order valence-corrected chi connectivity index (χ4v) is 3.07. The summed E-state index contributed by atoms with van der Waals surface area (Å²) in [7, 11) is -3.55. The van der Waals surface area contributed by atoms with Gasteiger partial charge in [-0.25, -0.2) is 0 Å². The summed E-state index contributed by atoms with van der Waals surface area (Å²) < 4.78 is 65.9. The van der Waals surface area contributed by atoms with Crippen LogP contribution in [-0.4, -0.2) is 20.8 Å². The second-order valence-corrected chi connectivity index (χ2v) is 6.57. The van der Waals surface area contributed by atoms with E-state index in [0.29, 0.717) is 18.4 Å². The predicted octanol–water partition coefficient (Wildman–Crippen LogP) is 3.62. The standard InChI is InChI=1S/C14H15F3O3S/c1-21(18,19)20-11-8-6-10(7-9-11)12-4-2-3-5-13(12)14(15,16)17/h2-6,11H,7-9H2,1H3/t11-/m0/s1. The molecule has 0 aromatic heterocycles. The third-order valence-electron chi connectivity index (χ3n) is 3.25. The molecule has 0 aliphatic heterocycles. The van der Waals surface area contributed by atoms with Crippen LogP contribution in [0.25, 0.3) is 5.57 Å². The average Bonchev–Trinajstić information content (AvgIpc) is 2.37. The Kier molecular flexibility index (Phi) is 4.43. The van der Waals surface area contributed by atoms with Crippen molar-refractivity contribution in [2.45, 2.75) is 31.5 Å². The Morgan fingerprint density at radius 3 is 2.43 bits per heavy atom. The van der Waals surface area contributed by atoms with Crippen molar-refractivity contribution in [3.63, 3.8) is 0 Å². The molecule has 0 spiro atoms. The zero-order valence-electron chi connectivity index (χ0n) is 11.4. The molecule has 1 aliphatic rings. The maximum absolute atomic E-state index is 13.0. The number of allylic oxidation sites excluding steroid dienone is 1. The van der Waals surface area contributed by atoms with Crippen LogP contribution in [0.3, 0.4) is 0 Å². The molecule has 0 amide bonds. The summed E-state index contributed by atoms with van der Waals surface area (Å²) in [6.45, 7) is 0. The maximum Gasteiger partial charge on any atom is 0.416 e. The van der Waals surface area contributed by atoms with Gasteiger partial charge in [0, 0.05) is 0 Å². The molecule has 7 heteroatoms. The second-order valence-electron chi connectivity index (χ2n) is 4.97. The molecule has 0 bridgehead atoms. The van der Waals surface area contributed by atoms with Gasteiger partial charge in [-0.05, 0) is 36.5 Å². The second kappa shape index (κ2) is 5.81. The molecule has 0 saturated heterocycles. The monoisotopic (exact) mass is 320 g/mol. The van der Waals surface area contributed by atoms with Gasteiger partial charge in [-0.15, -0.1) is 0 Å². The highest BCUT2D eigenvalue weighted by Crippen LogP contribution is 2.38. The molecule has 0 N–H and O–H groups in total. The van der Waals surface area contributed by atoms with Crippen LogP contribution in [0, 0.1) is 0 Å². The molecule has 1 aliphatic carbocycles. The lowest BCUT2D eigenvalue weighted by molar-refractivity contribution is -0.137. The maximum atomic E-state index is 13.0. The van der Waals surface area contributed by atoms with Crippen molar-refractivity contribution in [1.29, 1.82) is 0 Å². The lowest BCUT2D eigenvalue weighted by atomic mass is 9.89. The van der Waals surface area contributed by atoms with Crippen LogP contribution in [0.5, 0.6) is 0 Å². The van der Waals surface area contributed by atoms with Crippen LogP contribution in [0.1, 0.15) is 30.4 Å². The summed E-state index contributed by atoms with van der Waals surface area (Å²) in [5.74, 6) is 0. The predicted molar refractivity (Wildman–Crippen MR) is 73.0 cm³/mol. The Bertz CT molecular complexity index is 648. The molecule has 116 valence electrons. The summed E-state index contributed by atoms with van der Waals surface area (Å²) >= 11 is 0. The highest BCUT2D eigenvalue weighted by atomic mass is 32.2. The first-order valence-corrected chi connectivity index (χ1v) is 8.22. The van der Waals surface area contributed by atoms with E-state index >= 15 is 0 Å². The largest absolute Gasteiger partial charge is 0.416 e. The molecule has 1 aromatic rings. The minimum Gasteiger partial charge on any atom is -0.267 e. The highest BCUT2D eigenvalue weighted by molar-refractivity contribution is 7.86. The van der Waals surface area contributed by atoms with E-state index in [0.717, 1.165) is 12.3 Å². The first kappa shape index (κ1) is 16.0. The summed E-state index contributed by atoms with van der Waals surface area (Å²) in [5.41, 5.74) is 0.0674. The fraction of sp³-hybridized carbons (Fsp3) is 0.429. The number of benzene rings is 1. The zero-order valence-corrected chi connectivity index (χ0v) is 12.2. The molecule has 1 atom stereocenters. The third kappa shape index (κ3) is 4.31. The molecule has 1 aromatic carbocycles. The molecule has 0 radical (unpaired) electrons. The van der Waals surface area contributed by atoms with Crippen molar-refractivity contribution < 1.29 is 25.8 Å². The van der Waals surface area contributed by atoms with Crippen LogP contribution in [0.4, 0.5) is 13.2 Å². The SMILES string of the molecule is CS(=O)(=O)O[C@H]1CC=C(c2ccccc2C(F)(F)F)CC1. The molecule has 0 heterocycles. The van der Waals surface area contributed by atoms with Crippen molar-refractivity contribution >= 4 is 15.7 Å². The van der Waals surface area contributed by atoms with E-state index in [1.54, 1.807) is 12.1 Å². The zero-order chi connectivity index (χ0) is 15.7. The van der Waals surface area contributed by atoms with Crippen molar-refractivity contribution in [2.24, 2.45) is 0 Å². The Labute approximate surface area is 121 Å². The van der Waals surface area contributed by atoms with Gasteiger partial charge in [0.15, 0.2) is 0 Å². The van der Waals surface area contributed by atoms with E-state index in [4.69, 9.17) is 4.18 Å². The number of hydrogen-bond acceptors (Lipinski definition) is 3. The quantitative estimate of drug-likeness (QED) is 0.799. The van der Waals surface area contributed by atoms with Gasteiger partial charge in [0.05, 0.1) is 17.9 Å². The number of alkyl halides is 3. The third-order valence-corrected chi connectivity index (χ3v) is 3.87. The van der Waals surface area contributed by atoms with Gasteiger partial charge in [-0.2, -0.15) is 21.6 Å². The molecular formula is C14H15F3O3S. The van der Waals surface area contributed by atoms with Crippen LogP contribution in [-0.2, 0) is 20.5 Å². The molecular weight excluding hydrogens is 305 g/mol. The van der Waals surface area contributed by atoms with E-state index in [-0.39, 0.29) is 12.0 Å². The van der Waals surface area contributed by atoms with Crippen molar-refractivity contribution in [2.75, 3.05) is 6.26 Å². The van der Waals surface area contributed by atoms with Gasteiger partial charge in [0.25, 0.3) is 10.1 Å². The van der Waals surface area contributed by atoms with Gasteiger partial charge in [-0.1, -0.05) is 24.3 Å². The van der Waals surface area contributed by atoms with Crippen molar-refractivity contribution in [3.05, 3.63) is 41.5 Å². The fourth-order valence-electron chi connectivity index (χ4n) is 2.40. The number of halogens is 3. The summed E-state index contributed by atoms with van der Waals surface area (Å²) in [4.78, 5) is 0. The number of hydrogen-bond donors (Lipinski definition) is 0. The molecule has 21 heavy (non-hydrogen) atoms. The normalized spacial score (nSPS) is 20.2. The van der Waals surface area contributed by atoms with E-state index in [2.05, 4.69) is 0 Å². The van der Waals surface area contributed by atoms with Gasteiger partial charge in [-0.3, -0.25) is 4.18 Å². The van der Waals surface area contributed by atoms with Crippen molar-refractivity contribution in [1.82, 2.24) is 0 Å². The lowest BCUT2D eigenvalue weighted by Crippen LogP contribution is -2.20. The van der Waals surface area contributed by atoms with Crippen LogP contribution in [0.2, 0.25) is 0 Å². The topological polar surface area (TPSA) is 43.4 Å². The number of rotatable bonds is 3. The summed E-state index contributed by atoms with van der Waals surface area (Å²) in [6, 6.07) is 5.40. The average molecular weight is 320 g/mol. The Morgan fingerprint density at radius 1 is 1.24 bits per heavy atom. The van der Waals surface area contributed by atoms with Gasteiger partial charge < -0.3 is 0 Å². The minimum atomic E-state index is -4.41. The Morgan fingerprint density at radius 2 is 1.90 bits per heavy atom. The van der Waals surface area contributed by atoms with E-state index in [9.17, 15) is 21.6 Å². The van der Waals surface area contributed by atoms with Gasteiger partial charge in [0.1, 0.15) is 0 Å². The van der Waals surface area contributed by atoms with Gasteiger partial charge >= 0.3 is 6.18 Å². The molecule has 0 unspecified atom stereocenters. The molecule has 3 nitrogen and oxygen atoms in total. The van der Waals surface area contributed by atoms with Gasteiger partial charge in [0.2, 0.25) is 0 Å².